The van der Waals surface area contributed by atoms with Crippen LogP contribution < -0.4 is 5.32 Å². The van der Waals surface area contributed by atoms with Gasteiger partial charge in [0.25, 0.3) is 5.91 Å². The van der Waals surface area contributed by atoms with Crippen LogP contribution in [0, 0.1) is 11.7 Å². The molecule has 0 bridgehead atoms. The van der Waals surface area contributed by atoms with Crippen molar-refractivity contribution in [3.8, 4) is 10.6 Å². The summed E-state index contributed by atoms with van der Waals surface area (Å²) in [6.45, 7) is 3.42. The van der Waals surface area contributed by atoms with E-state index in [1.54, 1.807) is 31.4 Å². The molecule has 0 fully saturated rings. The lowest BCUT2D eigenvalue weighted by Gasteiger charge is -2.16. The summed E-state index contributed by atoms with van der Waals surface area (Å²) in [7, 11) is 0. The van der Waals surface area contributed by atoms with E-state index in [2.05, 4.69) is 10.3 Å². The van der Waals surface area contributed by atoms with Gasteiger partial charge in [-0.05, 0) is 30.2 Å². The molecule has 0 saturated carbocycles. The number of carbonyl (C=O) groups excluding carboxylic acids is 1. The number of nitrogens with zero attached hydrogens (tertiary/aromatic N) is 1. The summed E-state index contributed by atoms with van der Waals surface area (Å²) < 4.78 is 12.9. The molecule has 7 heteroatoms. The number of thiazole rings is 1. The predicted molar refractivity (Wildman–Crippen MR) is 81.2 cm³/mol. The highest BCUT2D eigenvalue weighted by atomic mass is 32.1. The number of carbonyl (C=O) groups is 2. The largest absolute Gasteiger partial charge is 0.480 e. The molecule has 0 aliphatic heterocycles. The van der Waals surface area contributed by atoms with Crippen LogP contribution in [0.25, 0.3) is 10.6 Å². The van der Waals surface area contributed by atoms with Crippen LogP contribution in [0.3, 0.4) is 0 Å². The number of benzene rings is 1. The summed E-state index contributed by atoms with van der Waals surface area (Å²) in [4.78, 5) is 27.3. The number of nitrogens with one attached hydrogen (secondary N) is 1. The van der Waals surface area contributed by atoms with Crippen molar-refractivity contribution >= 4 is 23.2 Å². The molecular formula is C15H15FN2O3S. The molecular weight excluding hydrogens is 307 g/mol. The highest BCUT2D eigenvalue weighted by Gasteiger charge is 2.25. The van der Waals surface area contributed by atoms with E-state index >= 15 is 0 Å². The van der Waals surface area contributed by atoms with Gasteiger partial charge >= 0.3 is 5.97 Å². The summed E-state index contributed by atoms with van der Waals surface area (Å²) in [5.41, 5.74) is 0.848. The monoisotopic (exact) mass is 322 g/mol. The molecule has 0 saturated heterocycles. The first-order valence-corrected chi connectivity index (χ1v) is 7.51. The topological polar surface area (TPSA) is 79.3 Å². The molecule has 0 radical (unpaired) electrons. The summed E-state index contributed by atoms with van der Waals surface area (Å²) >= 11 is 1.24. The average molecular weight is 322 g/mol. The van der Waals surface area contributed by atoms with E-state index in [1.165, 1.54) is 23.5 Å². The van der Waals surface area contributed by atoms with Crippen LogP contribution in [-0.4, -0.2) is 28.0 Å². The zero-order valence-corrected chi connectivity index (χ0v) is 12.9. The number of carboxylic acid groups (broad SMARTS) is 1. The fraction of sp³-hybridized carbons (Fsp3) is 0.267. The van der Waals surface area contributed by atoms with E-state index in [0.29, 0.717) is 10.6 Å². The number of rotatable bonds is 5. The zero-order valence-electron chi connectivity index (χ0n) is 12.0. The minimum Gasteiger partial charge on any atom is -0.480 e. The minimum absolute atomic E-state index is 0.149. The Kier molecular flexibility index (Phi) is 4.87. The number of aromatic nitrogens is 1. The van der Waals surface area contributed by atoms with Crippen LogP contribution in [-0.2, 0) is 4.79 Å². The molecule has 1 amide bonds. The Morgan fingerprint density at radius 3 is 2.45 bits per heavy atom. The fourth-order valence-corrected chi connectivity index (χ4v) is 2.64. The van der Waals surface area contributed by atoms with Gasteiger partial charge < -0.3 is 10.4 Å². The van der Waals surface area contributed by atoms with E-state index in [-0.39, 0.29) is 17.4 Å². The third-order valence-corrected chi connectivity index (χ3v) is 3.94. The molecule has 1 atom stereocenters. The maximum atomic E-state index is 12.9. The maximum Gasteiger partial charge on any atom is 0.326 e. The quantitative estimate of drug-likeness (QED) is 0.887. The van der Waals surface area contributed by atoms with E-state index in [0.717, 1.165) is 0 Å². The Labute approximate surface area is 130 Å². The van der Waals surface area contributed by atoms with Gasteiger partial charge in [-0.3, -0.25) is 4.79 Å². The first-order valence-electron chi connectivity index (χ1n) is 6.63. The Balaban J connectivity index is 2.15. The molecule has 1 aromatic carbocycles. The number of aliphatic carboxylic acids is 1. The van der Waals surface area contributed by atoms with Crippen molar-refractivity contribution in [2.75, 3.05) is 0 Å². The second kappa shape index (κ2) is 6.65. The number of hydrogen-bond donors (Lipinski definition) is 2. The maximum absolute atomic E-state index is 12.9. The molecule has 2 rings (SSSR count). The molecule has 22 heavy (non-hydrogen) atoms. The molecule has 1 heterocycles. The standard InChI is InChI=1S/C15H15FN2O3S/c1-8(2)12(15(20)21)18-13(19)11-7-22-14(17-11)9-3-5-10(16)6-4-9/h3-8,12H,1-2H3,(H,18,19)(H,20,21)/t12-/m0/s1. The minimum atomic E-state index is -1.09. The van der Waals surface area contributed by atoms with Crippen LogP contribution in [0.15, 0.2) is 29.6 Å². The number of amides is 1. The molecule has 0 aliphatic carbocycles. The van der Waals surface area contributed by atoms with Crippen LogP contribution >= 0.6 is 11.3 Å². The van der Waals surface area contributed by atoms with Crippen molar-refractivity contribution in [3.05, 3.63) is 41.2 Å². The van der Waals surface area contributed by atoms with Gasteiger partial charge in [-0.25, -0.2) is 14.2 Å². The predicted octanol–water partition coefficient (Wildman–Crippen LogP) is 2.79. The highest BCUT2D eigenvalue weighted by molar-refractivity contribution is 7.13. The second-order valence-corrected chi connectivity index (χ2v) is 5.94. The molecule has 2 N–H and O–H groups in total. The van der Waals surface area contributed by atoms with E-state index in [9.17, 15) is 14.0 Å². The lowest BCUT2D eigenvalue weighted by atomic mass is 10.0. The van der Waals surface area contributed by atoms with Crippen molar-refractivity contribution in [1.82, 2.24) is 10.3 Å². The summed E-state index contributed by atoms with van der Waals surface area (Å²) in [6.07, 6.45) is 0. The van der Waals surface area contributed by atoms with Crippen LogP contribution in [0.4, 0.5) is 4.39 Å². The average Bonchev–Trinajstić information content (AvgIpc) is 2.94. The molecule has 0 unspecified atom stereocenters. The first kappa shape index (κ1) is 16.1. The van der Waals surface area contributed by atoms with Crippen molar-refractivity contribution in [2.45, 2.75) is 19.9 Å². The number of halogens is 1. The Morgan fingerprint density at radius 1 is 1.27 bits per heavy atom. The van der Waals surface area contributed by atoms with Gasteiger partial charge in [0, 0.05) is 10.9 Å². The zero-order chi connectivity index (χ0) is 16.3. The van der Waals surface area contributed by atoms with Crippen molar-refractivity contribution in [2.24, 2.45) is 5.92 Å². The Hall–Kier alpha value is -2.28. The van der Waals surface area contributed by atoms with E-state index in [1.807, 2.05) is 0 Å². The lowest BCUT2D eigenvalue weighted by Crippen LogP contribution is -2.44. The SMILES string of the molecule is CC(C)[C@H](NC(=O)c1csc(-c2ccc(F)cc2)n1)C(=O)O. The van der Waals surface area contributed by atoms with Crippen molar-refractivity contribution < 1.29 is 19.1 Å². The molecule has 0 spiro atoms. The third-order valence-electron chi connectivity index (χ3n) is 3.05. The summed E-state index contributed by atoms with van der Waals surface area (Å²) in [5.74, 6) is -2.21. The van der Waals surface area contributed by atoms with Crippen LogP contribution in [0.1, 0.15) is 24.3 Å². The van der Waals surface area contributed by atoms with Crippen molar-refractivity contribution in [3.63, 3.8) is 0 Å². The van der Waals surface area contributed by atoms with Gasteiger partial charge in [-0.2, -0.15) is 0 Å². The molecule has 5 nitrogen and oxygen atoms in total. The van der Waals surface area contributed by atoms with Gasteiger partial charge in [0.05, 0.1) is 0 Å². The van der Waals surface area contributed by atoms with Gasteiger partial charge in [0.1, 0.15) is 22.6 Å². The van der Waals surface area contributed by atoms with E-state index in [4.69, 9.17) is 5.11 Å². The van der Waals surface area contributed by atoms with Gasteiger partial charge in [-0.15, -0.1) is 11.3 Å². The highest BCUT2D eigenvalue weighted by Crippen LogP contribution is 2.24. The fourth-order valence-electron chi connectivity index (χ4n) is 1.83. The van der Waals surface area contributed by atoms with Gasteiger partial charge in [0.2, 0.25) is 0 Å². The van der Waals surface area contributed by atoms with Crippen molar-refractivity contribution in [1.29, 1.82) is 0 Å². The third kappa shape index (κ3) is 3.67. The molecule has 1 aromatic heterocycles. The lowest BCUT2D eigenvalue weighted by molar-refractivity contribution is -0.140. The molecule has 0 aliphatic rings. The Morgan fingerprint density at radius 2 is 1.91 bits per heavy atom. The number of carboxylic acids is 1. The Bertz CT molecular complexity index is 682. The summed E-state index contributed by atoms with van der Waals surface area (Å²) in [5, 5.41) is 13.7. The van der Waals surface area contributed by atoms with Crippen LogP contribution in [0.2, 0.25) is 0 Å². The van der Waals surface area contributed by atoms with Crippen LogP contribution in [0.5, 0.6) is 0 Å². The normalized spacial score (nSPS) is 12.2. The molecule has 2 aromatic rings. The van der Waals surface area contributed by atoms with Gasteiger partial charge in [0.15, 0.2) is 0 Å². The second-order valence-electron chi connectivity index (χ2n) is 5.08. The van der Waals surface area contributed by atoms with E-state index < -0.39 is 17.9 Å². The summed E-state index contributed by atoms with van der Waals surface area (Å²) in [6, 6.07) is 4.81. The van der Waals surface area contributed by atoms with Gasteiger partial charge in [-0.1, -0.05) is 13.8 Å². The number of hydrogen-bond acceptors (Lipinski definition) is 4. The first-order chi connectivity index (χ1) is 10.4. The smallest absolute Gasteiger partial charge is 0.326 e. The molecule has 116 valence electrons.